The summed E-state index contributed by atoms with van der Waals surface area (Å²) in [6.07, 6.45) is 2.17. The first kappa shape index (κ1) is 43.5. The molecule has 0 radical (unpaired) electrons. The molecule has 1 unspecified atom stereocenters. The van der Waals surface area contributed by atoms with E-state index in [0.717, 1.165) is 32.6 Å². The molecule has 5 atom stereocenters. The number of benzene rings is 6. The fraction of sp³-hybridized carbons (Fsp3) is 0.245. The van der Waals surface area contributed by atoms with Crippen molar-refractivity contribution in [1.82, 2.24) is 15.0 Å². The van der Waals surface area contributed by atoms with Gasteiger partial charge in [0.15, 0.2) is 11.4 Å². The minimum absolute atomic E-state index is 0.00155. The van der Waals surface area contributed by atoms with E-state index >= 15 is 4.79 Å². The van der Waals surface area contributed by atoms with Gasteiger partial charge in [0.2, 0.25) is 0 Å². The Balaban J connectivity index is 1.00. The fourth-order valence-electron chi connectivity index (χ4n) is 10.7. The topological polar surface area (TPSA) is 119 Å². The van der Waals surface area contributed by atoms with Crippen molar-refractivity contribution < 1.29 is 28.9 Å². The summed E-state index contributed by atoms with van der Waals surface area (Å²) < 4.78 is 22.0. The second kappa shape index (κ2) is 17.4. The maximum absolute atomic E-state index is 15.7. The SMILES string of the molecule is COc1ccc([Si](C)(C)[C@H]2[C@H](CCn3cc(C(CO)c4ccccc4)nn3)O[C@@]3(C(=O)N(Cc4cccc(N5C(=O)c6ccccc6Oc6ccccc65)c4)c4ccc(Br)cc43)[C@@H]2C)cc1. The van der Waals surface area contributed by atoms with Gasteiger partial charge in [0.05, 0.1) is 63.0 Å². The number of carbonyl (C=O) groups excluding carboxylic acids is 2. The van der Waals surface area contributed by atoms with Crippen LogP contribution in [0.25, 0.3) is 0 Å². The number of amides is 2. The van der Waals surface area contributed by atoms with Crippen molar-refractivity contribution in [2.24, 2.45) is 5.92 Å². The molecular formula is C53H50BrN5O6Si. The van der Waals surface area contributed by atoms with Crippen LogP contribution in [0.1, 0.15) is 52.0 Å². The lowest BCUT2D eigenvalue weighted by molar-refractivity contribution is -0.146. The van der Waals surface area contributed by atoms with E-state index in [0.29, 0.717) is 47.1 Å². The summed E-state index contributed by atoms with van der Waals surface area (Å²) in [5.41, 5.74) is 4.59. The van der Waals surface area contributed by atoms with Crippen molar-refractivity contribution in [2.75, 3.05) is 23.5 Å². The van der Waals surface area contributed by atoms with Crippen LogP contribution in [0.3, 0.4) is 0 Å². The molecule has 1 fully saturated rings. The van der Waals surface area contributed by atoms with Crippen LogP contribution >= 0.6 is 15.9 Å². The molecule has 1 saturated heterocycles. The van der Waals surface area contributed by atoms with Gasteiger partial charge in [-0.05, 0) is 89.8 Å². The van der Waals surface area contributed by atoms with Crippen molar-refractivity contribution in [3.05, 3.63) is 184 Å². The first-order chi connectivity index (χ1) is 32.0. The lowest BCUT2D eigenvalue weighted by Crippen LogP contribution is -2.51. The zero-order chi connectivity index (χ0) is 45.7. The Hall–Kier alpha value is -6.38. The zero-order valence-corrected chi connectivity index (χ0v) is 39.8. The van der Waals surface area contributed by atoms with Gasteiger partial charge in [-0.3, -0.25) is 19.2 Å². The molecule has 6 aromatic carbocycles. The number of para-hydroxylation sites is 3. The highest BCUT2D eigenvalue weighted by Crippen LogP contribution is 2.60. The Labute approximate surface area is 393 Å². The summed E-state index contributed by atoms with van der Waals surface area (Å²) in [4.78, 5) is 33.6. The molecule has 1 aromatic heterocycles. The van der Waals surface area contributed by atoms with Crippen LogP contribution in [0.5, 0.6) is 17.2 Å². The summed E-state index contributed by atoms with van der Waals surface area (Å²) >= 11 is 3.76. The number of fused-ring (bicyclic) bond motifs is 4. The van der Waals surface area contributed by atoms with Gasteiger partial charge in [0, 0.05) is 34.4 Å². The Morgan fingerprint density at radius 3 is 2.36 bits per heavy atom. The second-order valence-electron chi connectivity index (χ2n) is 17.9. The van der Waals surface area contributed by atoms with Crippen LogP contribution in [-0.2, 0) is 28.2 Å². The Kier molecular flexibility index (Phi) is 11.5. The lowest BCUT2D eigenvalue weighted by atomic mass is 9.82. The highest BCUT2D eigenvalue weighted by molar-refractivity contribution is 9.10. The second-order valence-corrected chi connectivity index (χ2v) is 23.5. The Bertz CT molecular complexity index is 2950. The van der Waals surface area contributed by atoms with E-state index in [1.54, 1.807) is 24.1 Å². The van der Waals surface area contributed by atoms with Gasteiger partial charge < -0.3 is 24.2 Å². The van der Waals surface area contributed by atoms with E-state index in [-0.39, 0.29) is 48.4 Å². The molecule has 66 heavy (non-hydrogen) atoms. The summed E-state index contributed by atoms with van der Waals surface area (Å²) in [6.45, 7) is 7.60. The number of aryl methyl sites for hydroxylation is 1. The fourth-order valence-corrected chi connectivity index (χ4v) is 15.1. The van der Waals surface area contributed by atoms with E-state index in [1.807, 2.05) is 137 Å². The number of carbonyl (C=O) groups is 2. The number of aliphatic hydroxyl groups is 1. The molecule has 11 nitrogen and oxygen atoms in total. The minimum atomic E-state index is -2.44. The molecule has 0 bridgehead atoms. The number of halogens is 1. The average Bonchev–Trinajstić information content (AvgIpc) is 3.96. The number of hydrogen-bond donors (Lipinski definition) is 1. The largest absolute Gasteiger partial charge is 0.497 e. The van der Waals surface area contributed by atoms with Gasteiger partial charge >= 0.3 is 0 Å². The van der Waals surface area contributed by atoms with Gasteiger partial charge in [-0.15, -0.1) is 5.10 Å². The van der Waals surface area contributed by atoms with Gasteiger partial charge in [-0.2, -0.15) is 0 Å². The number of ether oxygens (including phenoxy) is 3. The molecule has 3 aliphatic rings. The Morgan fingerprint density at radius 1 is 0.848 bits per heavy atom. The van der Waals surface area contributed by atoms with Crippen molar-refractivity contribution in [3.63, 3.8) is 0 Å². The minimum Gasteiger partial charge on any atom is -0.497 e. The number of aromatic nitrogens is 3. The van der Waals surface area contributed by atoms with E-state index in [1.165, 1.54) is 5.19 Å². The highest BCUT2D eigenvalue weighted by atomic mass is 79.9. The number of nitrogens with zero attached hydrogens (tertiary/aromatic N) is 5. The third-order valence-electron chi connectivity index (χ3n) is 13.9. The molecule has 1 N–H and O–H groups in total. The van der Waals surface area contributed by atoms with E-state index in [2.05, 4.69) is 58.4 Å². The number of hydrogen-bond acceptors (Lipinski definition) is 8. The molecule has 1 spiro atoms. The molecule has 7 aromatic rings. The van der Waals surface area contributed by atoms with Crippen LogP contribution in [-0.4, -0.2) is 59.8 Å². The van der Waals surface area contributed by atoms with Gasteiger partial charge in [-0.1, -0.05) is 125 Å². The lowest BCUT2D eigenvalue weighted by Gasteiger charge is -2.37. The average molecular weight is 961 g/mol. The molecule has 0 saturated carbocycles. The normalized spacial score (nSPS) is 20.4. The van der Waals surface area contributed by atoms with Crippen LogP contribution in [0, 0.1) is 5.92 Å². The zero-order valence-electron chi connectivity index (χ0n) is 37.2. The monoisotopic (exact) mass is 959 g/mol. The van der Waals surface area contributed by atoms with Crippen LogP contribution in [0.4, 0.5) is 17.1 Å². The van der Waals surface area contributed by atoms with Crippen molar-refractivity contribution in [2.45, 2.75) is 62.7 Å². The third kappa shape index (κ3) is 7.43. The predicted octanol–water partition coefficient (Wildman–Crippen LogP) is 10.1. The predicted molar refractivity (Wildman–Crippen MR) is 261 cm³/mol. The van der Waals surface area contributed by atoms with E-state index in [9.17, 15) is 9.90 Å². The molecule has 13 heteroatoms. The summed E-state index contributed by atoms with van der Waals surface area (Å²) in [7, 11) is -0.770. The number of anilines is 3. The number of aliphatic hydroxyl groups excluding tert-OH is 1. The van der Waals surface area contributed by atoms with Crippen molar-refractivity contribution in [1.29, 1.82) is 0 Å². The molecule has 0 aliphatic carbocycles. The maximum Gasteiger partial charge on any atom is 0.266 e. The van der Waals surface area contributed by atoms with E-state index < -0.39 is 13.7 Å². The Morgan fingerprint density at radius 2 is 1.59 bits per heavy atom. The molecule has 10 rings (SSSR count). The van der Waals surface area contributed by atoms with Crippen LogP contribution in [0.2, 0.25) is 18.6 Å². The first-order valence-corrected chi connectivity index (χ1v) is 26.2. The smallest absolute Gasteiger partial charge is 0.266 e. The summed E-state index contributed by atoms with van der Waals surface area (Å²) in [5, 5.41) is 20.7. The maximum atomic E-state index is 15.7. The van der Waals surface area contributed by atoms with Gasteiger partial charge in [0.25, 0.3) is 11.8 Å². The molecule has 2 amide bonds. The first-order valence-electron chi connectivity index (χ1n) is 22.3. The molecule has 4 heterocycles. The summed E-state index contributed by atoms with van der Waals surface area (Å²) in [6, 6.07) is 46.9. The highest BCUT2D eigenvalue weighted by Gasteiger charge is 2.66. The standard InChI is InChI=1S/C53H50BrN5O6Si/c1-34-50(66(3,4)40-24-22-39(63-2)23-25-40)49(27-28-57-32-44(55-56-57)42(33-60)36-14-6-5-7-15-36)65-53(34)43-30-37(54)21-26-45(43)58(52(53)62)31-35-13-12-16-38(29-35)59-46-18-9-11-20-48(46)64-47-19-10-8-17-41(47)51(59)61/h5-26,29-30,32,34,42,49-50,60H,27-28,31,33H2,1-4H3/t34-,42?,49+,50-,53+/m1/s1. The van der Waals surface area contributed by atoms with Crippen LogP contribution < -0.4 is 24.5 Å². The number of rotatable bonds is 12. The van der Waals surface area contributed by atoms with Gasteiger partial charge in [-0.25, -0.2) is 0 Å². The van der Waals surface area contributed by atoms with Crippen LogP contribution in [0.15, 0.2) is 156 Å². The van der Waals surface area contributed by atoms with Crippen molar-refractivity contribution >= 4 is 58.1 Å². The summed E-state index contributed by atoms with van der Waals surface area (Å²) in [5.74, 6) is 1.00. The molecular weight excluding hydrogens is 911 g/mol. The molecule has 3 aliphatic heterocycles. The van der Waals surface area contributed by atoms with Crippen molar-refractivity contribution in [3.8, 4) is 17.2 Å². The van der Waals surface area contributed by atoms with Gasteiger partial charge in [0.1, 0.15) is 11.5 Å². The quantitative estimate of drug-likeness (QED) is 0.120. The third-order valence-corrected chi connectivity index (χ3v) is 18.7. The number of methoxy groups -OCH3 is 1. The van der Waals surface area contributed by atoms with E-state index in [4.69, 9.17) is 14.2 Å². The molecule has 334 valence electrons.